The molecule has 0 bridgehead atoms. The van der Waals surface area contributed by atoms with Crippen molar-refractivity contribution in [1.29, 1.82) is 0 Å². The topological polar surface area (TPSA) is 80.8 Å². The highest BCUT2D eigenvalue weighted by atomic mass is 16.6. The van der Waals surface area contributed by atoms with E-state index >= 15 is 0 Å². The Labute approximate surface area is 170 Å². The summed E-state index contributed by atoms with van der Waals surface area (Å²) in [5.41, 5.74) is 2.96. The van der Waals surface area contributed by atoms with Gasteiger partial charge in [0.05, 0.1) is 30.2 Å². The van der Waals surface area contributed by atoms with Crippen molar-refractivity contribution in [3.63, 3.8) is 0 Å². The molecule has 1 unspecified atom stereocenters. The molecule has 152 valence electrons. The highest BCUT2D eigenvalue weighted by Gasteiger charge is 2.31. The molecule has 1 aromatic heterocycles. The average molecular weight is 395 g/mol. The Morgan fingerprint density at radius 2 is 2.07 bits per heavy atom. The number of benzene rings is 1. The fraction of sp³-hybridized carbons (Fsp3) is 0.409. The van der Waals surface area contributed by atoms with Crippen molar-refractivity contribution in [3.8, 4) is 5.75 Å². The van der Waals surface area contributed by atoms with Crippen LogP contribution >= 0.6 is 0 Å². The number of hydrogen-bond donors (Lipinski definition) is 1. The van der Waals surface area contributed by atoms with E-state index in [0.29, 0.717) is 17.9 Å². The number of rotatable bonds is 5. The van der Waals surface area contributed by atoms with Gasteiger partial charge in [0.25, 0.3) is 5.91 Å². The zero-order valence-corrected chi connectivity index (χ0v) is 16.7. The lowest BCUT2D eigenvalue weighted by Crippen LogP contribution is -2.37. The first-order chi connectivity index (χ1) is 14.0. The summed E-state index contributed by atoms with van der Waals surface area (Å²) < 4.78 is 10.6. The molecule has 2 aromatic rings. The Kier molecular flexibility index (Phi) is 5.38. The van der Waals surface area contributed by atoms with E-state index in [1.165, 1.54) is 0 Å². The predicted octanol–water partition coefficient (Wildman–Crippen LogP) is 3.63. The van der Waals surface area contributed by atoms with Crippen molar-refractivity contribution in [2.75, 3.05) is 18.6 Å². The number of carbonyl (C=O) groups is 2. The molecule has 0 spiro atoms. The van der Waals surface area contributed by atoms with Crippen LogP contribution in [0.2, 0.25) is 0 Å². The zero-order valence-electron chi connectivity index (χ0n) is 16.7. The van der Waals surface area contributed by atoms with E-state index in [-0.39, 0.29) is 24.1 Å². The molecule has 7 heteroatoms. The Bertz CT molecular complexity index is 926. The van der Waals surface area contributed by atoms with Crippen LogP contribution in [0.4, 0.5) is 10.5 Å². The van der Waals surface area contributed by atoms with Gasteiger partial charge in [0.2, 0.25) is 0 Å². The lowest BCUT2D eigenvalue weighted by Gasteiger charge is -2.29. The van der Waals surface area contributed by atoms with Crippen LogP contribution in [0.5, 0.6) is 5.75 Å². The number of ether oxygens (including phenoxy) is 2. The number of anilines is 1. The lowest BCUT2D eigenvalue weighted by atomic mass is 10.1. The van der Waals surface area contributed by atoms with Crippen molar-refractivity contribution >= 4 is 17.7 Å². The smallest absolute Gasteiger partial charge is 0.414 e. The number of aryl methyl sites for hydroxylation is 1. The molecule has 1 atom stereocenters. The van der Waals surface area contributed by atoms with Crippen molar-refractivity contribution in [2.24, 2.45) is 0 Å². The molecule has 2 aliphatic rings. The first-order valence-electron chi connectivity index (χ1n) is 9.98. The number of carbonyl (C=O) groups excluding carboxylic acids is 2. The van der Waals surface area contributed by atoms with Crippen LogP contribution in [0, 0.1) is 0 Å². The summed E-state index contributed by atoms with van der Waals surface area (Å²) in [6.45, 7) is 2.54. The van der Waals surface area contributed by atoms with E-state index in [0.717, 1.165) is 42.8 Å². The van der Waals surface area contributed by atoms with Gasteiger partial charge in [0, 0.05) is 12.1 Å². The first-order valence-corrected chi connectivity index (χ1v) is 9.98. The highest BCUT2D eigenvalue weighted by molar-refractivity contribution is 5.94. The number of fused-ring (bicyclic) bond motifs is 1. The van der Waals surface area contributed by atoms with Crippen molar-refractivity contribution in [3.05, 3.63) is 53.3 Å². The minimum atomic E-state index is -0.289. The third-order valence-corrected chi connectivity index (χ3v) is 5.19. The third kappa shape index (κ3) is 4.34. The molecule has 1 N–H and O–H groups in total. The molecular weight excluding hydrogens is 370 g/mol. The molecule has 7 nitrogen and oxygen atoms in total. The van der Waals surface area contributed by atoms with Gasteiger partial charge in [-0.3, -0.25) is 14.7 Å². The van der Waals surface area contributed by atoms with Crippen molar-refractivity contribution in [1.82, 2.24) is 10.3 Å². The average Bonchev–Trinajstić information content (AvgIpc) is 3.56. The Morgan fingerprint density at radius 3 is 2.83 bits per heavy atom. The van der Waals surface area contributed by atoms with Crippen LogP contribution in [0.1, 0.15) is 54.0 Å². The normalized spacial score (nSPS) is 16.6. The van der Waals surface area contributed by atoms with Gasteiger partial charge in [-0.1, -0.05) is 6.07 Å². The summed E-state index contributed by atoms with van der Waals surface area (Å²) in [7, 11) is 1.57. The van der Waals surface area contributed by atoms with E-state index in [1.54, 1.807) is 36.3 Å². The van der Waals surface area contributed by atoms with Crippen LogP contribution in [0.15, 0.2) is 36.4 Å². The molecule has 1 fully saturated rings. The fourth-order valence-corrected chi connectivity index (χ4v) is 3.41. The number of amides is 2. The van der Waals surface area contributed by atoms with E-state index in [4.69, 9.17) is 14.5 Å². The molecule has 29 heavy (non-hydrogen) atoms. The summed E-state index contributed by atoms with van der Waals surface area (Å²) in [4.78, 5) is 31.4. The maximum absolute atomic E-state index is 12.6. The fourth-order valence-electron chi connectivity index (χ4n) is 3.41. The third-order valence-electron chi connectivity index (χ3n) is 5.19. The zero-order chi connectivity index (χ0) is 20.4. The number of methoxy groups -OCH3 is 1. The largest absolute Gasteiger partial charge is 0.497 e. The van der Waals surface area contributed by atoms with Crippen LogP contribution in [-0.4, -0.2) is 36.7 Å². The molecule has 1 aromatic carbocycles. The Hall–Kier alpha value is -3.09. The van der Waals surface area contributed by atoms with Gasteiger partial charge >= 0.3 is 6.09 Å². The van der Waals surface area contributed by atoms with Gasteiger partial charge in [-0.2, -0.15) is 0 Å². The molecule has 1 saturated carbocycles. The molecule has 1 aliphatic carbocycles. The maximum atomic E-state index is 12.6. The number of nitrogens with zero attached hydrogens (tertiary/aromatic N) is 2. The molecule has 0 saturated heterocycles. The first kappa shape index (κ1) is 19.2. The molecule has 1 aliphatic heterocycles. The second kappa shape index (κ2) is 8.11. The van der Waals surface area contributed by atoms with Crippen LogP contribution in [-0.2, 0) is 11.2 Å². The van der Waals surface area contributed by atoms with Gasteiger partial charge in [-0.15, -0.1) is 0 Å². The van der Waals surface area contributed by atoms with Crippen LogP contribution < -0.4 is 15.0 Å². The quantitative estimate of drug-likeness (QED) is 0.836. The second-order valence-electron chi connectivity index (χ2n) is 7.47. The monoisotopic (exact) mass is 395 g/mol. The van der Waals surface area contributed by atoms with Gasteiger partial charge in [0.15, 0.2) is 0 Å². The number of aromatic nitrogens is 1. The summed E-state index contributed by atoms with van der Waals surface area (Å²) in [6, 6.07) is 10.5. The summed E-state index contributed by atoms with van der Waals surface area (Å²) in [5, 5.41) is 2.98. The van der Waals surface area contributed by atoms with E-state index in [9.17, 15) is 9.59 Å². The molecular formula is C22H25N3O4. The minimum absolute atomic E-state index is 0.0759. The highest BCUT2D eigenvalue weighted by Crippen LogP contribution is 2.30. The van der Waals surface area contributed by atoms with E-state index < -0.39 is 0 Å². The molecule has 4 rings (SSSR count). The van der Waals surface area contributed by atoms with Gasteiger partial charge < -0.3 is 14.8 Å². The van der Waals surface area contributed by atoms with Crippen LogP contribution in [0.3, 0.4) is 0 Å². The van der Waals surface area contributed by atoms with Gasteiger partial charge in [-0.25, -0.2) is 4.79 Å². The number of nitrogens with one attached hydrogen (secondary N) is 1. The Morgan fingerprint density at radius 1 is 1.24 bits per heavy atom. The molecule has 2 amide bonds. The van der Waals surface area contributed by atoms with Crippen molar-refractivity contribution in [2.45, 2.75) is 44.8 Å². The summed E-state index contributed by atoms with van der Waals surface area (Å²) in [6.07, 6.45) is 3.33. The molecule has 0 radical (unpaired) electrons. The van der Waals surface area contributed by atoms with E-state index in [1.807, 2.05) is 19.1 Å². The SMILES string of the molecule is COc1cccc(C(=O)NC(C)c2ccc3c(n2)CCCN3C(=O)OC2CC2)c1. The lowest BCUT2D eigenvalue weighted by molar-refractivity contribution is 0.0938. The predicted molar refractivity (Wildman–Crippen MR) is 108 cm³/mol. The minimum Gasteiger partial charge on any atom is -0.497 e. The summed E-state index contributed by atoms with van der Waals surface area (Å²) in [5.74, 6) is 0.445. The second-order valence-corrected chi connectivity index (χ2v) is 7.47. The Balaban J connectivity index is 1.47. The summed E-state index contributed by atoms with van der Waals surface area (Å²) >= 11 is 0. The van der Waals surface area contributed by atoms with Crippen LogP contribution in [0.25, 0.3) is 0 Å². The van der Waals surface area contributed by atoms with Crippen molar-refractivity contribution < 1.29 is 19.1 Å². The number of hydrogen-bond acceptors (Lipinski definition) is 5. The standard InChI is InChI=1S/C22H25N3O4/c1-14(23-21(26)15-5-3-6-17(13-15)28-2)18-10-11-20-19(24-18)7-4-12-25(20)22(27)29-16-8-9-16/h3,5-6,10-11,13-14,16H,4,7-9,12H2,1-2H3,(H,23,26). The van der Waals surface area contributed by atoms with Gasteiger partial charge in [0.1, 0.15) is 11.9 Å². The van der Waals surface area contributed by atoms with E-state index in [2.05, 4.69) is 5.32 Å². The molecule has 2 heterocycles. The van der Waals surface area contributed by atoms with Gasteiger partial charge in [-0.05, 0) is 62.9 Å². The number of pyridine rings is 1. The maximum Gasteiger partial charge on any atom is 0.414 e.